The Morgan fingerprint density at radius 1 is 0.842 bits per heavy atom. The van der Waals surface area contributed by atoms with Crippen molar-refractivity contribution in [2.24, 2.45) is 17.4 Å². The molecular weight excluding hydrogens is 502 g/mol. The molecule has 0 saturated heterocycles. The number of carboxylic acid groups (broad SMARTS) is 2. The van der Waals surface area contributed by atoms with E-state index in [4.69, 9.17) is 16.6 Å². The highest BCUT2D eigenvalue weighted by molar-refractivity contribution is 5.95. The number of primary amides is 1. The first-order chi connectivity index (χ1) is 17.7. The lowest BCUT2D eigenvalue weighted by atomic mass is 10.00. The van der Waals surface area contributed by atoms with Crippen LogP contribution >= 0.6 is 0 Å². The molecule has 210 valence electrons. The zero-order chi connectivity index (χ0) is 29.0. The molecule has 0 aromatic heterocycles. The summed E-state index contributed by atoms with van der Waals surface area (Å²) in [4.78, 5) is 72.1. The fourth-order valence-electron chi connectivity index (χ4n) is 3.41. The summed E-state index contributed by atoms with van der Waals surface area (Å²) in [7, 11) is 0. The van der Waals surface area contributed by atoms with E-state index in [9.17, 15) is 39.0 Å². The Hall–Kier alpha value is -4.20. The molecule has 10 N–H and O–H groups in total. The average molecular weight is 538 g/mol. The maximum atomic E-state index is 13.3. The van der Waals surface area contributed by atoms with E-state index in [-0.39, 0.29) is 37.4 Å². The van der Waals surface area contributed by atoms with Crippen LogP contribution in [0.4, 0.5) is 0 Å². The fourth-order valence-corrected chi connectivity index (χ4v) is 3.41. The topological polar surface area (TPSA) is 251 Å². The molecule has 14 nitrogen and oxygen atoms in total. The second-order valence-corrected chi connectivity index (χ2v) is 9.23. The van der Waals surface area contributed by atoms with Crippen LogP contribution in [0.1, 0.15) is 45.1 Å². The minimum absolute atomic E-state index is 0.0212. The lowest BCUT2D eigenvalue weighted by Gasteiger charge is -2.26. The van der Waals surface area contributed by atoms with Crippen molar-refractivity contribution in [3.05, 3.63) is 29.8 Å². The molecule has 4 atom stereocenters. The van der Waals surface area contributed by atoms with Gasteiger partial charge in [-0.2, -0.15) is 0 Å². The van der Waals surface area contributed by atoms with Gasteiger partial charge >= 0.3 is 11.9 Å². The summed E-state index contributed by atoms with van der Waals surface area (Å²) < 4.78 is 0. The van der Waals surface area contributed by atoms with Crippen molar-refractivity contribution < 1.29 is 44.1 Å². The minimum Gasteiger partial charge on any atom is -0.508 e. The molecule has 0 radical (unpaired) electrons. The van der Waals surface area contributed by atoms with Gasteiger partial charge in [0.05, 0.1) is 12.5 Å². The summed E-state index contributed by atoms with van der Waals surface area (Å²) in [6.07, 6.45) is -1.17. The van der Waals surface area contributed by atoms with Crippen LogP contribution in [-0.2, 0) is 35.2 Å². The number of rotatable bonds is 16. The second-order valence-electron chi connectivity index (χ2n) is 9.23. The third-order valence-corrected chi connectivity index (χ3v) is 5.38. The highest BCUT2D eigenvalue weighted by Crippen LogP contribution is 2.13. The fraction of sp³-hybridized carbons (Fsp3) is 0.500. The van der Waals surface area contributed by atoms with E-state index in [0.717, 1.165) is 0 Å². The van der Waals surface area contributed by atoms with E-state index in [1.165, 1.54) is 24.3 Å². The van der Waals surface area contributed by atoms with E-state index >= 15 is 0 Å². The molecule has 1 rings (SSSR count). The smallest absolute Gasteiger partial charge is 0.326 e. The standard InChI is InChI=1S/C24H35N5O9/c1-12(2)9-16(22(35)29-18(24(37)38)11-19(26)31)28-23(36)17(10-13-3-5-14(30)6-4-13)27-21(34)15(25)7-8-20(32)33/h3-6,12,15-18,30H,7-11,25H2,1-2H3,(H2,26,31)(H,27,34)(H,28,36)(H,29,35)(H,32,33)(H,37,38). The van der Waals surface area contributed by atoms with Gasteiger partial charge in [0.25, 0.3) is 0 Å². The van der Waals surface area contributed by atoms with Gasteiger partial charge in [-0.15, -0.1) is 0 Å². The number of benzene rings is 1. The summed E-state index contributed by atoms with van der Waals surface area (Å²) >= 11 is 0. The maximum Gasteiger partial charge on any atom is 0.326 e. The van der Waals surface area contributed by atoms with E-state index in [2.05, 4.69) is 16.0 Å². The lowest BCUT2D eigenvalue weighted by Crippen LogP contribution is -2.58. The van der Waals surface area contributed by atoms with Gasteiger partial charge in [0.15, 0.2) is 0 Å². The van der Waals surface area contributed by atoms with Crippen molar-refractivity contribution >= 4 is 35.6 Å². The number of amides is 4. The van der Waals surface area contributed by atoms with Crippen LogP contribution in [0.5, 0.6) is 5.75 Å². The number of phenolic OH excluding ortho intramolecular Hbond substituents is 1. The number of carbonyl (C=O) groups excluding carboxylic acids is 4. The molecule has 0 heterocycles. The van der Waals surface area contributed by atoms with Crippen molar-refractivity contribution in [2.75, 3.05) is 0 Å². The third kappa shape index (κ3) is 11.7. The zero-order valence-electron chi connectivity index (χ0n) is 21.2. The number of nitrogens with one attached hydrogen (secondary N) is 3. The van der Waals surface area contributed by atoms with Crippen LogP contribution in [0.15, 0.2) is 24.3 Å². The molecule has 0 aliphatic heterocycles. The van der Waals surface area contributed by atoms with Gasteiger partial charge in [0.2, 0.25) is 23.6 Å². The number of carbonyl (C=O) groups is 6. The van der Waals surface area contributed by atoms with Crippen LogP contribution in [0.2, 0.25) is 0 Å². The zero-order valence-corrected chi connectivity index (χ0v) is 21.2. The normalized spacial score (nSPS) is 14.0. The van der Waals surface area contributed by atoms with Gasteiger partial charge < -0.3 is 42.7 Å². The molecule has 0 aliphatic carbocycles. The predicted molar refractivity (Wildman–Crippen MR) is 133 cm³/mol. The quantitative estimate of drug-likeness (QED) is 0.122. The monoisotopic (exact) mass is 537 g/mol. The van der Waals surface area contributed by atoms with Crippen LogP contribution < -0.4 is 27.4 Å². The number of phenols is 1. The first-order valence-corrected chi connectivity index (χ1v) is 11.9. The van der Waals surface area contributed by atoms with Crippen LogP contribution in [0.25, 0.3) is 0 Å². The van der Waals surface area contributed by atoms with Crippen molar-refractivity contribution in [1.29, 1.82) is 0 Å². The Kier molecular flexibility index (Phi) is 12.7. The van der Waals surface area contributed by atoms with Crippen LogP contribution in [0, 0.1) is 5.92 Å². The molecule has 0 fully saturated rings. The Morgan fingerprint density at radius 3 is 1.87 bits per heavy atom. The number of hydrogen-bond acceptors (Lipinski definition) is 8. The van der Waals surface area contributed by atoms with Crippen molar-refractivity contribution in [1.82, 2.24) is 16.0 Å². The average Bonchev–Trinajstić information content (AvgIpc) is 2.81. The number of nitrogens with two attached hydrogens (primary N) is 2. The van der Waals surface area contributed by atoms with Gasteiger partial charge in [-0.3, -0.25) is 24.0 Å². The molecule has 0 spiro atoms. The number of carboxylic acids is 2. The van der Waals surface area contributed by atoms with E-state index < -0.39 is 66.2 Å². The molecule has 4 amide bonds. The van der Waals surface area contributed by atoms with Crippen molar-refractivity contribution in [2.45, 2.75) is 70.1 Å². The van der Waals surface area contributed by atoms with Crippen LogP contribution in [-0.4, -0.2) is 75.1 Å². The molecule has 1 aromatic rings. The van der Waals surface area contributed by atoms with Crippen molar-refractivity contribution in [3.8, 4) is 5.75 Å². The first-order valence-electron chi connectivity index (χ1n) is 11.9. The SMILES string of the molecule is CC(C)CC(NC(=O)C(Cc1ccc(O)cc1)NC(=O)C(N)CCC(=O)O)C(=O)NC(CC(N)=O)C(=O)O. The van der Waals surface area contributed by atoms with Gasteiger partial charge in [-0.25, -0.2) is 4.79 Å². The molecule has 14 heteroatoms. The first kappa shape index (κ1) is 31.8. The Morgan fingerprint density at radius 2 is 1.37 bits per heavy atom. The summed E-state index contributed by atoms with van der Waals surface area (Å²) in [6, 6.07) is 0.489. The van der Waals surface area contributed by atoms with Gasteiger partial charge in [0.1, 0.15) is 23.9 Å². The second kappa shape index (κ2) is 15.1. The molecule has 1 aromatic carbocycles. The summed E-state index contributed by atoms with van der Waals surface area (Å²) in [5.74, 6) is -6.18. The number of hydrogen-bond donors (Lipinski definition) is 8. The van der Waals surface area contributed by atoms with Gasteiger partial charge in [-0.05, 0) is 36.5 Å². The van der Waals surface area contributed by atoms with E-state index in [1.54, 1.807) is 13.8 Å². The highest BCUT2D eigenvalue weighted by Gasteiger charge is 2.31. The lowest BCUT2D eigenvalue weighted by molar-refractivity contribution is -0.144. The largest absolute Gasteiger partial charge is 0.508 e. The maximum absolute atomic E-state index is 13.3. The Labute approximate surface area is 219 Å². The molecule has 4 unspecified atom stereocenters. The Balaban J connectivity index is 3.14. The molecule has 0 aliphatic rings. The molecule has 38 heavy (non-hydrogen) atoms. The Bertz CT molecular complexity index is 1010. The third-order valence-electron chi connectivity index (χ3n) is 5.38. The summed E-state index contributed by atoms with van der Waals surface area (Å²) in [6.45, 7) is 3.53. The minimum atomic E-state index is -1.61. The summed E-state index contributed by atoms with van der Waals surface area (Å²) in [5.41, 5.74) is 11.4. The highest BCUT2D eigenvalue weighted by atomic mass is 16.4. The summed E-state index contributed by atoms with van der Waals surface area (Å²) in [5, 5.41) is 34.8. The van der Waals surface area contributed by atoms with Gasteiger partial charge in [0, 0.05) is 12.8 Å². The van der Waals surface area contributed by atoms with E-state index in [0.29, 0.717) is 5.56 Å². The predicted octanol–water partition coefficient (Wildman–Crippen LogP) is -1.41. The molecular formula is C24H35N5O9. The number of aliphatic carboxylic acids is 2. The van der Waals surface area contributed by atoms with E-state index in [1.807, 2.05) is 0 Å². The van der Waals surface area contributed by atoms with Crippen molar-refractivity contribution in [3.63, 3.8) is 0 Å². The van der Waals surface area contributed by atoms with Gasteiger partial charge in [-0.1, -0.05) is 26.0 Å². The molecule has 0 saturated carbocycles. The van der Waals surface area contributed by atoms with Crippen LogP contribution in [0.3, 0.4) is 0 Å². The molecule has 0 bridgehead atoms. The number of aromatic hydroxyl groups is 1.